The lowest BCUT2D eigenvalue weighted by Crippen LogP contribution is -2.11. The van der Waals surface area contributed by atoms with Crippen LogP contribution in [-0.2, 0) is 7.05 Å². The van der Waals surface area contributed by atoms with E-state index in [9.17, 15) is 4.79 Å². The summed E-state index contributed by atoms with van der Waals surface area (Å²) in [6, 6.07) is 7.55. The lowest BCUT2D eigenvalue weighted by atomic mass is 10.2. The van der Waals surface area contributed by atoms with E-state index in [1.807, 2.05) is 24.3 Å². The topological polar surface area (TPSA) is 59.9 Å². The zero-order valence-electron chi connectivity index (χ0n) is 9.52. The van der Waals surface area contributed by atoms with E-state index in [1.165, 1.54) is 0 Å². The van der Waals surface area contributed by atoms with Crippen molar-refractivity contribution >= 4 is 22.1 Å². The van der Waals surface area contributed by atoms with Crippen molar-refractivity contribution in [2.45, 2.75) is 0 Å². The SMILES string of the molecule is COc1ccc2nc3[nH]c(=O)n(C)c3cc2c1. The smallest absolute Gasteiger partial charge is 0.327 e. The third-order valence-electron chi connectivity index (χ3n) is 2.89. The van der Waals surface area contributed by atoms with Crippen LogP contribution in [0.5, 0.6) is 5.75 Å². The van der Waals surface area contributed by atoms with E-state index in [4.69, 9.17) is 4.74 Å². The molecule has 3 aromatic rings. The molecule has 17 heavy (non-hydrogen) atoms. The van der Waals surface area contributed by atoms with Crippen molar-refractivity contribution in [2.75, 3.05) is 7.11 Å². The van der Waals surface area contributed by atoms with Crippen LogP contribution in [0.3, 0.4) is 0 Å². The maximum atomic E-state index is 11.5. The van der Waals surface area contributed by atoms with Gasteiger partial charge in [-0.05, 0) is 24.3 Å². The summed E-state index contributed by atoms with van der Waals surface area (Å²) in [6.07, 6.45) is 0. The summed E-state index contributed by atoms with van der Waals surface area (Å²) >= 11 is 0. The number of nitrogens with one attached hydrogen (secondary N) is 1. The van der Waals surface area contributed by atoms with Crippen molar-refractivity contribution in [3.63, 3.8) is 0 Å². The minimum absolute atomic E-state index is 0.158. The molecule has 1 N–H and O–H groups in total. The van der Waals surface area contributed by atoms with Gasteiger partial charge in [-0.2, -0.15) is 0 Å². The Morgan fingerprint density at radius 1 is 1.35 bits per heavy atom. The summed E-state index contributed by atoms with van der Waals surface area (Å²) < 4.78 is 6.71. The van der Waals surface area contributed by atoms with E-state index in [1.54, 1.807) is 18.7 Å². The average molecular weight is 229 g/mol. The Balaban J connectivity index is 2.44. The summed E-state index contributed by atoms with van der Waals surface area (Å²) in [7, 11) is 3.34. The predicted molar refractivity (Wildman–Crippen MR) is 65.4 cm³/mol. The molecule has 86 valence electrons. The number of aromatic nitrogens is 3. The molecule has 0 atom stereocenters. The first-order valence-corrected chi connectivity index (χ1v) is 5.22. The molecule has 5 nitrogen and oxygen atoms in total. The standard InChI is InChI=1S/C12H11N3O2/c1-15-10-6-7-5-8(17-2)3-4-9(7)13-11(10)14-12(15)16/h3-6H,1-2H3,(H,13,14,16). The average Bonchev–Trinajstić information content (AvgIpc) is 2.62. The molecule has 3 rings (SSSR count). The molecule has 0 amide bonds. The molecule has 1 aromatic carbocycles. The van der Waals surface area contributed by atoms with Crippen LogP contribution in [0.15, 0.2) is 29.1 Å². The number of ether oxygens (including phenoxy) is 1. The molecule has 0 aliphatic rings. The number of imidazole rings is 1. The molecule has 0 saturated carbocycles. The summed E-state index contributed by atoms with van der Waals surface area (Å²) in [5.74, 6) is 0.777. The molecule has 2 aromatic heterocycles. The van der Waals surface area contributed by atoms with Crippen LogP contribution >= 0.6 is 0 Å². The molecular formula is C12H11N3O2. The number of benzene rings is 1. The first-order valence-electron chi connectivity index (χ1n) is 5.22. The Hall–Kier alpha value is -2.30. The molecule has 0 spiro atoms. The van der Waals surface area contributed by atoms with Gasteiger partial charge in [0.15, 0.2) is 5.65 Å². The number of H-pyrrole nitrogens is 1. The Labute approximate surface area is 96.7 Å². The summed E-state index contributed by atoms with van der Waals surface area (Å²) in [4.78, 5) is 18.6. The van der Waals surface area contributed by atoms with Gasteiger partial charge in [-0.1, -0.05) is 0 Å². The first kappa shape index (κ1) is 9.89. The Kier molecular flexibility index (Phi) is 1.95. The summed E-state index contributed by atoms with van der Waals surface area (Å²) in [6.45, 7) is 0. The number of nitrogens with zero attached hydrogens (tertiary/aromatic N) is 2. The fourth-order valence-electron chi connectivity index (χ4n) is 1.91. The highest BCUT2D eigenvalue weighted by Crippen LogP contribution is 2.22. The lowest BCUT2D eigenvalue weighted by molar-refractivity contribution is 0.415. The molecule has 0 bridgehead atoms. The number of fused-ring (bicyclic) bond motifs is 2. The highest BCUT2D eigenvalue weighted by atomic mass is 16.5. The van der Waals surface area contributed by atoms with E-state index in [2.05, 4.69) is 9.97 Å². The number of aryl methyl sites for hydroxylation is 1. The third-order valence-corrected chi connectivity index (χ3v) is 2.89. The zero-order chi connectivity index (χ0) is 12.0. The molecule has 0 unspecified atom stereocenters. The fourth-order valence-corrected chi connectivity index (χ4v) is 1.91. The summed E-state index contributed by atoms with van der Waals surface area (Å²) in [5.41, 5.74) is 2.07. The van der Waals surface area contributed by atoms with Gasteiger partial charge in [0.05, 0.1) is 18.1 Å². The van der Waals surface area contributed by atoms with Crippen molar-refractivity contribution in [2.24, 2.45) is 7.05 Å². The highest BCUT2D eigenvalue weighted by Gasteiger charge is 2.06. The van der Waals surface area contributed by atoms with Gasteiger partial charge in [0, 0.05) is 12.4 Å². The van der Waals surface area contributed by atoms with E-state index >= 15 is 0 Å². The largest absolute Gasteiger partial charge is 0.497 e. The number of rotatable bonds is 1. The van der Waals surface area contributed by atoms with Crippen molar-refractivity contribution in [3.05, 3.63) is 34.7 Å². The number of hydrogen-bond acceptors (Lipinski definition) is 3. The van der Waals surface area contributed by atoms with Gasteiger partial charge >= 0.3 is 5.69 Å². The van der Waals surface area contributed by atoms with Crippen molar-refractivity contribution in [3.8, 4) is 5.75 Å². The van der Waals surface area contributed by atoms with E-state index in [-0.39, 0.29) is 5.69 Å². The fraction of sp³-hybridized carbons (Fsp3) is 0.167. The van der Waals surface area contributed by atoms with Crippen LogP contribution in [0.2, 0.25) is 0 Å². The molecule has 0 aliphatic carbocycles. The zero-order valence-corrected chi connectivity index (χ0v) is 9.52. The maximum Gasteiger partial charge on any atom is 0.327 e. The summed E-state index contributed by atoms with van der Waals surface area (Å²) in [5, 5.41) is 0.950. The van der Waals surface area contributed by atoms with Gasteiger partial charge in [-0.25, -0.2) is 9.78 Å². The van der Waals surface area contributed by atoms with Crippen LogP contribution in [0.4, 0.5) is 0 Å². The van der Waals surface area contributed by atoms with Crippen LogP contribution in [-0.4, -0.2) is 21.6 Å². The minimum atomic E-state index is -0.158. The van der Waals surface area contributed by atoms with Gasteiger partial charge in [0.1, 0.15) is 5.75 Å². The Bertz CT molecular complexity index is 770. The number of hydrogen-bond donors (Lipinski definition) is 1. The van der Waals surface area contributed by atoms with Crippen LogP contribution in [0, 0.1) is 0 Å². The predicted octanol–water partition coefficient (Wildman–Crippen LogP) is 1.42. The Morgan fingerprint density at radius 3 is 2.94 bits per heavy atom. The Morgan fingerprint density at radius 2 is 2.18 bits per heavy atom. The third kappa shape index (κ3) is 1.39. The number of aromatic amines is 1. The van der Waals surface area contributed by atoms with Crippen molar-refractivity contribution < 1.29 is 4.74 Å². The van der Waals surface area contributed by atoms with Gasteiger partial charge in [0.2, 0.25) is 0 Å². The maximum absolute atomic E-state index is 11.5. The molecule has 0 fully saturated rings. The quantitative estimate of drug-likeness (QED) is 0.686. The van der Waals surface area contributed by atoms with Gasteiger partial charge < -0.3 is 4.74 Å². The van der Waals surface area contributed by atoms with Gasteiger partial charge in [0.25, 0.3) is 0 Å². The van der Waals surface area contributed by atoms with Crippen LogP contribution in [0.25, 0.3) is 22.1 Å². The molecule has 0 saturated heterocycles. The van der Waals surface area contributed by atoms with Crippen LogP contribution < -0.4 is 10.4 Å². The number of pyridine rings is 1. The minimum Gasteiger partial charge on any atom is -0.497 e. The lowest BCUT2D eigenvalue weighted by Gasteiger charge is -2.02. The second-order valence-electron chi connectivity index (χ2n) is 3.90. The molecule has 2 heterocycles. The van der Waals surface area contributed by atoms with E-state index in [0.29, 0.717) is 5.65 Å². The second kappa shape index (κ2) is 3.35. The van der Waals surface area contributed by atoms with E-state index in [0.717, 1.165) is 22.2 Å². The normalized spacial score (nSPS) is 11.2. The molecular weight excluding hydrogens is 218 g/mol. The monoisotopic (exact) mass is 229 g/mol. The molecule has 5 heteroatoms. The van der Waals surface area contributed by atoms with Gasteiger partial charge in [-0.15, -0.1) is 0 Å². The molecule has 0 radical (unpaired) electrons. The second-order valence-corrected chi connectivity index (χ2v) is 3.90. The van der Waals surface area contributed by atoms with Gasteiger partial charge in [-0.3, -0.25) is 9.55 Å². The van der Waals surface area contributed by atoms with Crippen molar-refractivity contribution in [1.29, 1.82) is 0 Å². The molecule has 0 aliphatic heterocycles. The number of methoxy groups -OCH3 is 1. The first-order chi connectivity index (χ1) is 8.19. The van der Waals surface area contributed by atoms with E-state index < -0.39 is 0 Å². The van der Waals surface area contributed by atoms with Crippen LogP contribution in [0.1, 0.15) is 0 Å². The highest BCUT2D eigenvalue weighted by molar-refractivity contribution is 5.90. The van der Waals surface area contributed by atoms with Crippen molar-refractivity contribution in [1.82, 2.24) is 14.5 Å².